The summed E-state index contributed by atoms with van der Waals surface area (Å²) < 4.78 is 0. The smallest absolute Gasteiger partial charge is 0.225 e. The molecule has 0 aromatic carbocycles. The van der Waals surface area contributed by atoms with Crippen molar-refractivity contribution in [3.05, 3.63) is 17.4 Å². The molecule has 4 nitrogen and oxygen atoms in total. The van der Waals surface area contributed by atoms with E-state index in [4.69, 9.17) is 11.6 Å². The van der Waals surface area contributed by atoms with Crippen molar-refractivity contribution in [2.45, 2.75) is 12.5 Å². The summed E-state index contributed by atoms with van der Waals surface area (Å²) in [6, 6.07) is 0.550. The van der Waals surface area contributed by atoms with Gasteiger partial charge in [0.05, 0.1) is 17.4 Å². The first kappa shape index (κ1) is 9.68. The largest absolute Gasteiger partial charge is 0.339 e. The van der Waals surface area contributed by atoms with Crippen LogP contribution in [0, 0.1) is 0 Å². The molecule has 1 aliphatic rings. The minimum absolute atomic E-state index is 0.550. The molecule has 1 unspecified atom stereocenters. The van der Waals surface area contributed by atoms with Crippen LogP contribution in [0.4, 0.5) is 5.95 Å². The third-order valence-electron chi connectivity index (χ3n) is 2.49. The van der Waals surface area contributed by atoms with Crippen molar-refractivity contribution in [3.63, 3.8) is 0 Å². The molecular weight excluding hydrogens is 200 g/mol. The van der Waals surface area contributed by atoms with Gasteiger partial charge in [-0.2, -0.15) is 0 Å². The summed E-state index contributed by atoms with van der Waals surface area (Å²) in [4.78, 5) is 10.5. The summed E-state index contributed by atoms with van der Waals surface area (Å²) in [5.41, 5.74) is 0. The SMILES string of the molecule is CNC1CCN(c2ncc(Cl)cn2)C1. The molecule has 76 valence electrons. The van der Waals surface area contributed by atoms with Gasteiger partial charge in [-0.1, -0.05) is 11.6 Å². The lowest BCUT2D eigenvalue weighted by molar-refractivity contribution is 0.616. The molecule has 1 N–H and O–H groups in total. The Bertz CT molecular complexity index is 300. The monoisotopic (exact) mass is 212 g/mol. The van der Waals surface area contributed by atoms with Crippen molar-refractivity contribution in [3.8, 4) is 0 Å². The minimum atomic E-state index is 0.550. The molecule has 0 amide bonds. The fourth-order valence-corrected chi connectivity index (χ4v) is 1.74. The average Bonchev–Trinajstić information content (AvgIpc) is 2.67. The second kappa shape index (κ2) is 4.11. The van der Waals surface area contributed by atoms with Crippen LogP contribution in [0.3, 0.4) is 0 Å². The molecule has 2 heterocycles. The van der Waals surface area contributed by atoms with E-state index >= 15 is 0 Å². The molecule has 5 heteroatoms. The van der Waals surface area contributed by atoms with Crippen molar-refractivity contribution in [2.75, 3.05) is 25.0 Å². The summed E-state index contributed by atoms with van der Waals surface area (Å²) >= 11 is 5.72. The molecule has 0 spiro atoms. The fourth-order valence-electron chi connectivity index (χ4n) is 1.65. The van der Waals surface area contributed by atoms with Gasteiger partial charge in [0, 0.05) is 19.1 Å². The number of halogens is 1. The highest BCUT2D eigenvalue weighted by Crippen LogP contribution is 2.16. The maximum atomic E-state index is 5.72. The zero-order valence-corrected chi connectivity index (χ0v) is 8.83. The Morgan fingerprint density at radius 3 is 2.79 bits per heavy atom. The zero-order valence-electron chi connectivity index (χ0n) is 8.07. The lowest BCUT2D eigenvalue weighted by atomic mass is 10.3. The molecule has 2 rings (SSSR count). The molecule has 1 aromatic rings. The lowest BCUT2D eigenvalue weighted by Crippen LogP contribution is -2.30. The summed E-state index contributed by atoms with van der Waals surface area (Å²) in [6.45, 7) is 1.98. The number of rotatable bonds is 2. The summed E-state index contributed by atoms with van der Waals surface area (Å²) in [7, 11) is 1.98. The summed E-state index contributed by atoms with van der Waals surface area (Å²) in [6.07, 6.45) is 4.41. The number of nitrogens with one attached hydrogen (secondary N) is 1. The first-order valence-electron chi connectivity index (χ1n) is 4.69. The highest BCUT2D eigenvalue weighted by molar-refractivity contribution is 6.30. The van der Waals surface area contributed by atoms with Crippen LogP contribution in [0.25, 0.3) is 0 Å². The molecule has 1 aliphatic heterocycles. The maximum Gasteiger partial charge on any atom is 0.225 e. The van der Waals surface area contributed by atoms with Gasteiger partial charge in [0.2, 0.25) is 5.95 Å². The second-order valence-corrected chi connectivity index (χ2v) is 3.86. The maximum absolute atomic E-state index is 5.72. The van der Waals surface area contributed by atoms with Gasteiger partial charge in [-0.05, 0) is 13.5 Å². The van der Waals surface area contributed by atoms with Gasteiger partial charge < -0.3 is 10.2 Å². The van der Waals surface area contributed by atoms with Gasteiger partial charge in [-0.25, -0.2) is 9.97 Å². The molecule has 0 radical (unpaired) electrons. The van der Waals surface area contributed by atoms with E-state index in [-0.39, 0.29) is 0 Å². The normalized spacial score (nSPS) is 21.6. The molecule has 0 aliphatic carbocycles. The van der Waals surface area contributed by atoms with Gasteiger partial charge in [0.1, 0.15) is 0 Å². The van der Waals surface area contributed by atoms with Crippen LogP contribution in [-0.2, 0) is 0 Å². The molecule has 1 saturated heterocycles. The predicted octanol–water partition coefficient (Wildman–Crippen LogP) is 0.928. The van der Waals surface area contributed by atoms with Crippen LogP contribution in [0.1, 0.15) is 6.42 Å². The number of anilines is 1. The van der Waals surface area contributed by atoms with Crippen molar-refractivity contribution in [2.24, 2.45) is 0 Å². The number of hydrogen-bond acceptors (Lipinski definition) is 4. The number of aromatic nitrogens is 2. The van der Waals surface area contributed by atoms with Crippen LogP contribution < -0.4 is 10.2 Å². The molecule has 1 fully saturated rings. The molecule has 0 saturated carbocycles. The quantitative estimate of drug-likeness (QED) is 0.792. The molecule has 0 bridgehead atoms. The van der Waals surface area contributed by atoms with Crippen molar-refractivity contribution in [1.82, 2.24) is 15.3 Å². The molecular formula is C9H13ClN4. The van der Waals surface area contributed by atoms with Crippen molar-refractivity contribution >= 4 is 17.5 Å². The first-order chi connectivity index (χ1) is 6.79. The van der Waals surface area contributed by atoms with Gasteiger partial charge >= 0.3 is 0 Å². The highest BCUT2D eigenvalue weighted by Gasteiger charge is 2.22. The van der Waals surface area contributed by atoms with Gasteiger partial charge in [0.25, 0.3) is 0 Å². The van der Waals surface area contributed by atoms with Gasteiger partial charge in [0.15, 0.2) is 0 Å². The third-order valence-corrected chi connectivity index (χ3v) is 2.68. The van der Waals surface area contributed by atoms with Crippen molar-refractivity contribution < 1.29 is 0 Å². The Balaban J connectivity index is 2.06. The van der Waals surface area contributed by atoms with E-state index in [0.717, 1.165) is 25.5 Å². The van der Waals surface area contributed by atoms with Crippen LogP contribution in [-0.4, -0.2) is 36.1 Å². The van der Waals surface area contributed by atoms with Gasteiger partial charge in [-0.3, -0.25) is 0 Å². The minimum Gasteiger partial charge on any atom is -0.339 e. The van der Waals surface area contributed by atoms with E-state index < -0.39 is 0 Å². The van der Waals surface area contributed by atoms with Crippen LogP contribution in [0.15, 0.2) is 12.4 Å². The third kappa shape index (κ3) is 1.96. The van der Waals surface area contributed by atoms with E-state index in [0.29, 0.717) is 11.1 Å². The number of likely N-dealkylation sites (N-methyl/N-ethyl adjacent to an activating group) is 1. The summed E-state index contributed by atoms with van der Waals surface area (Å²) in [5.74, 6) is 0.771. The molecule has 1 aromatic heterocycles. The average molecular weight is 213 g/mol. The van der Waals surface area contributed by atoms with Crippen LogP contribution in [0.2, 0.25) is 5.02 Å². The van der Waals surface area contributed by atoms with E-state index in [1.165, 1.54) is 0 Å². The van der Waals surface area contributed by atoms with Gasteiger partial charge in [-0.15, -0.1) is 0 Å². The Kier molecular flexibility index (Phi) is 2.84. The topological polar surface area (TPSA) is 41.0 Å². The number of hydrogen-bond donors (Lipinski definition) is 1. The number of nitrogens with zero attached hydrogens (tertiary/aromatic N) is 3. The molecule has 14 heavy (non-hydrogen) atoms. The Labute approximate surface area is 88.3 Å². The zero-order chi connectivity index (χ0) is 9.97. The Hall–Kier alpha value is -0.870. The lowest BCUT2D eigenvalue weighted by Gasteiger charge is -2.15. The Morgan fingerprint density at radius 2 is 2.21 bits per heavy atom. The van der Waals surface area contributed by atoms with E-state index in [1.54, 1.807) is 12.4 Å². The predicted molar refractivity (Wildman–Crippen MR) is 56.7 cm³/mol. The Morgan fingerprint density at radius 1 is 1.50 bits per heavy atom. The van der Waals surface area contributed by atoms with E-state index in [1.807, 2.05) is 7.05 Å². The van der Waals surface area contributed by atoms with Crippen LogP contribution >= 0.6 is 11.6 Å². The summed E-state index contributed by atoms with van der Waals surface area (Å²) in [5, 5.41) is 3.83. The van der Waals surface area contributed by atoms with E-state index in [9.17, 15) is 0 Å². The van der Waals surface area contributed by atoms with Crippen LogP contribution in [0.5, 0.6) is 0 Å². The standard InChI is InChI=1S/C9H13ClN4/c1-11-8-2-3-14(6-8)9-12-4-7(10)5-13-9/h4-5,8,11H,2-3,6H2,1H3. The first-order valence-corrected chi connectivity index (χ1v) is 5.07. The molecule has 1 atom stereocenters. The second-order valence-electron chi connectivity index (χ2n) is 3.42. The van der Waals surface area contributed by atoms with Crippen molar-refractivity contribution in [1.29, 1.82) is 0 Å². The highest BCUT2D eigenvalue weighted by atomic mass is 35.5. The fraction of sp³-hybridized carbons (Fsp3) is 0.556. The van der Waals surface area contributed by atoms with E-state index in [2.05, 4.69) is 20.2 Å².